The topological polar surface area (TPSA) is 122 Å². The van der Waals surface area contributed by atoms with E-state index in [1.54, 1.807) is 24.3 Å². The molecule has 2 N–H and O–H groups in total. The van der Waals surface area contributed by atoms with Crippen molar-refractivity contribution in [3.05, 3.63) is 58.3 Å². The number of carbonyl (C=O) groups excluding carboxylic acids is 1. The van der Waals surface area contributed by atoms with Crippen LogP contribution in [-0.2, 0) is 16.0 Å². The fourth-order valence-corrected chi connectivity index (χ4v) is 2.43. The highest BCUT2D eigenvalue weighted by atomic mass is 32.2. The number of hydrogen-bond donors (Lipinski definition) is 2. The van der Waals surface area contributed by atoms with Crippen LogP contribution in [0.3, 0.4) is 0 Å². The van der Waals surface area contributed by atoms with E-state index in [2.05, 4.69) is 10.3 Å². The fraction of sp³-hybridized carbons (Fsp3) is 0.133. The van der Waals surface area contributed by atoms with E-state index in [0.717, 1.165) is 18.0 Å². The quantitative estimate of drug-likeness (QED) is 0.448. The van der Waals surface area contributed by atoms with Crippen LogP contribution >= 0.6 is 11.8 Å². The van der Waals surface area contributed by atoms with Crippen LogP contribution in [0.5, 0.6) is 0 Å². The first-order valence-electron chi connectivity index (χ1n) is 6.78. The Hall–Kier alpha value is -2.94. The van der Waals surface area contributed by atoms with Crippen LogP contribution in [0.2, 0.25) is 0 Å². The maximum absolute atomic E-state index is 11.9. The molecule has 0 aliphatic carbocycles. The Morgan fingerprint density at radius 2 is 1.92 bits per heavy atom. The lowest BCUT2D eigenvalue weighted by atomic mass is 10.1. The number of hydrogen-bond acceptors (Lipinski definition) is 6. The van der Waals surface area contributed by atoms with Gasteiger partial charge in [0.05, 0.1) is 22.1 Å². The summed E-state index contributed by atoms with van der Waals surface area (Å²) >= 11 is 1.16. The predicted octanol–water partition coefficient (Wildman–Crippen LogP) is 2.35. The van der Waals surface area contributed by atoms with E-state index in [4.69, 9.17) is 5.11 Å². The van der Waals surface area contributed by atoms with Gasteiger partial charge in [0.2, 0.25) is 5.91 Å². The molecular weight excluding hydrogens is 334 g/mol. The minimum absolute atomic E-state index is 0.0735. The molecule has 0 spiro atoms. The average Bonchev–Trinajstić information content (AvgIpc) is 2.54. The lowest BCUT2D eigenvalue weighted by Crippen LogP contribution is -2.14. The molecule has 8 nitrogen and oxygen atoms in total. The highest BCUT2D eigenvalue weighted by molar-refractivity contribution is 7.99. The molecule has 1 heterocycles. The molecule has 0 aliphatic rings. The summed E-state index contributed by atoms with van der Waals surface area (Å²) in [4.78, 5) is 36.3. The molecule has 124 valence electrons. The van der Waals surface area contributed by atoms with Gasteiger partial charge in [-0.15, -0.1) is 0 Å². The van der Waals surface area contributed by atoms with Crippen LogP contribution in [-0.4, -0.2) is 32.6 Å². The summed E-state index contributed by atoms with van der Waals surface area (Å²) in [5, 5.41) is 22.4. The third-order valence-corrected chi connectivity index (χ3v) is 3.82. The molecule has 1 aromatic heterocycles. The predicted molar refractivity (Wildman–Crippen MR) is 88.0 cm³/mol. The van der Waals surface area contributed by atoms with E-state index in [-0.39, 0.29) is 23.8 Å². The number of nitro groups is 1. The molecule has 0 saturated carbocycles. The molecule has 1 amide bonds. The van der Waals surface area contributed by atoms with Crippen molar-refractivity contribution < 1.29 is 19.6 Å². The smallest absolute Gasteiger partial charge is 0.307 e. The van der Waals surface area contributed by atoms with Gasteiger partial charge in [-0.1, -0.05) is 23.9 Å². The molecule has 0 radical (unpaired) electrons. The molecule has 0 unspecified atom stereocenters. The molecule has 1 aromatic carbocycles. The number of anilines is 1. The van der Waals surface area contributed by atoms with Gasteiger partial charge in [-0.25, -0.2) is 4.98 Å². The normalized spacial score (nSPS) is 10.2. The Bertz CT molecular complexity index is 747. The highest BCUT2D eigenvalue weighted by Gasteiger charge is 2.08. The van der Waals surface area contributed by atoms with Crippen LogP contribution in [0.1, 0.15) is 5.56 Å². The monoisotopic (exact) mass is 347 g/mol. The van der Waals surface area contributed by atoms with Gasteiger partial charge in [-0.05, 0) is 23.8 Å². The number of benzene rings is 1. The van der Waals surface area contributed by atoms with Crippen molar-refractivity contribution >= 4 is 35.0 Å². The minimum Gasteiger partial charge on any atom is -0.481 e. The summed E-state index contributed by atoms with van der Waals surface area (Å²) in [6, 6.07) is 9.34. The van der Waals surface area contributed by atoms with Crippen LogP contribution in [0, 0.1) is 10.1 Å². The zero-order valence-electron chi connectivity index (χ0n) is 12.3. The number of thioether (sulfide) groups is 1. The fourth-order valence-electron chi connectivity index (χ4n) is 1.78. The second-order valence-electron chi connectivity index (χ2n) is 4.72. The number of pyridine rings is 1. The van der Waals surface area contributed by atoms with Crippen molar-refractivity contribution in [2.24, 2.45) is 0 Å². The molecule has 0 saturated heterocycles. The van der Waals surface area contributed by atoms with Gasteiger partial charge < -0.3 is 10.4 Å². The standard InChI is InChI=1S/C15H13N3O5S/c19-13(9-24-14-6-5-12(8-16-14)18(22)23)17-11-3-1-10(2-4-11)7-15(20)21/h1-6,8H,7,9H2,(H,17,19)(H,20,21). The number of nitrogens with one attached hydrogen (secondary N) is 1. The SMILES string of the molecule is O=C(O)Cc1ccc(NC(=O)CSc2ccc([N+](=O)[O-])cn2)cc1. The number of amides is 1. The second-order valence-corrected chi connectivity index (χ2v) is 5.71. The van der Waals surface area contributed by atoms with Gasteiger partial charge in [0.15, 0.2) is 0 Å². The van der Waals surface area contributed by atoms with Crippen molar-refractivity contribution in [2.75, 3.05) is 11.1 Å². The van der Waals surface area contributed by atoms with Gasteiger partial charge in [0.1, 0.15) is 6.20 Å². The Kier molecular flexibility index (Phi) is 5.85. The van der Waals surface area contributed by atoms with Crippen molar-refractivity contribution in [3.63, 3.8) is 0 Å². The third-order valence-electron chi connectivity index (χ3n) is 2.88. The summed E-state index contributed by atoms with van der Waals surface area (Å²) in [6.07, 6.45) is 1.07. The first-order chi connectivity index (χ1) is 11.4. The third kappa shape index (κ3) is 5.36. The zero-order chi connectivity index (χ0) is 17.5. The Morgan fingerprint density at radius 3 is 2.46 bits per heavy atom. The van der Waals surface area contributed by atoms with Gasteiger partial charge in [0.25, 0.3) is 5.69 Å². The number of nitrogens with zero attached hydrogens (tertiary/aromatic N) is 2. The number of carboxylic acid groups (broad SMARTS) is 1. The molecule has 0 aliphatic heterocycles. The van der Waals surface area contributed by atoms with Crippen molar-refractivity contribution in [1.82, 2.24) is 4.98 Å². The van der Waals surface area contributed by atoms with Crippen LogP contribution in [0.4, 0.5) is 11.4 Å². The van der Waals surface area contributed by atoms with Gasteiger partial charge in [0, 0.05) is 11.8 Å². The minimum atomic E-state index is -0.918. The van der Waals surface area contributed by atoms with Crippen LogP contribution < -0.4 is 5.32 Å². The van der Waals surface area contributed by atoms with E-state index in [1.165, 1.54) is 12.1 Å². The number of carboxylic acids is 1. The van der Waals surface area contributed by atoms with Gasteiger partial charge in [-0.2, -0.15) is 0 Å². The summed E-state index contributed by atoms with van der Waals surface area (Å²) in [6.45, 7) is 0. The molecule has 9 heteroatoms. The largest absolute Gasteiger partial charge is 0.481 e. The second kappa shape index (κ2) is 8.06. The Labute approximate surface area is 141 Å². The summed E-state index contributed by atoms with van der Waals surface area (Å²) in [5.74, 6) is -1.08. The lowest BCUT2D eigenvalue weighted by molar-refractivity contribution is -0.385. The number of rotatable bonds is 7. The molecule has 0 atom stereocenters. The first kappa shape index (κ1) is 17.4. The van der Waals surface area contributed by atoms with Gasteiger partial charge in [-0.3, -0.25) is 19.7 Å². The summed E-state index contributed by atoms with van der Waals surface area (Å²) < 4.78 is 0. The van der Waals surface area contributed by atoms with E-state index < -0.39 is 10.9 Å². The molecule has 24 heavy (non-hydrogen) atoms. The van der Waals surface area contributed by atoms with Gasteiger partial charge >= 0.3 is 5.97 Å². The highest BCUT2D eigenvalue weighted by Crippen LogP contribution is 2.18. The molecule has 0 fully saturated rings. The number of aliphatic carboxylic acids is 1. The first-order valence-corrected chi connectivity index (χ1v) is 7.76. The zero-order valence-corrected chi connectivity index (χ0v) is 13.2. The number of carbonyl (C=O) groups is 2. The Balaban J connectivity index is 1.84. The molecule has 2 aromatic rings. The molecule has 0 bridgehead atoms. The summed E-state index contributed by atoms with van der Waals surface area (Å²) in [7, 11) is 0. The number of aromatic nitrogens is 1. The maximum Gasteiger partial charge on any atom is 0.307 e. The van der Waals surface area contributed by atoms with E-state index >= 15 is 0 Å². The Morgan fingerprint density at radius 1 is 1.21 bits per heavy atom. The molecule has 2 rings (SSSR count). The van der Waals surface area contributed by atoms with Crippen molar-refractivity contribution in [2.45, 2.75) is 11.4 Å². The maximum atomic E-state index is 11.9. The van der Waals surface area contributed by atoms with E-state index in [0.29, 0.717) is 16.3 Å². The van der Waals surface area contributed by atoms with Crippen LogP contribution in [0.25, 0.3) is 0 Å². The van der Waals surface area contributed by atoms with Crippen molar-refractivity contribution in [1.29, 1.82) is 0 Å². The molecular formula is C15H13N3O5S. The van der Waals surface area contributed by atoms with E-state index in [1.807, 2.05) is 0 Å². The van der Waals surface area contributed by atoms with E-state index in [9.17, 15) is 19.7 Å². The van der Waals surface area contributed by atoms with Crippen LogP contribution in [0.15, 0.2) is 47.6 Å². The lowest BCUT2D eigenvalue weighted by Gasteiger charge is -2.06. The average molecular weight is 347 g/mol. The summed E-state index contributed by atoms with van der Waals surface area (Å²) in [5.41, 5.74) is 1.10. The van der Waals surface area contributed by atoms with Crippen molar-refractivity contribution in [3.8, 4) is 0 Å².